The molecule has 0 saturated heterocycles. The van der Waals surface area contributed by atoms with Gasteiger partial charge >= 0.3 is 0 Å². The Labute approximate surface area is 174 Å². The van der Waals surface area contributed by atoms with Gasteiger partial charge in [-0.3, -0.25) is 19.6 Å². The van der Waals surface area contributed by atoms with Crippen molar-refractivity contribution in [2.24, 2.45) is 11.8 Å². The van der Waals surface area contributed by atoms with Crippen molar-refractivity contribution < 1.29 is 24.0 Å². The summed E-state index contributed by atoms with van der Waals surface area (Å²) in [4.78, 5) is 37.0. The van der Waals surface area contributed by atoms with Crippen LogP contribution in [-0.2, 0) is 20.8 Å². The quantitative estimate of drug-likeness (QED) is 0.339. The molecule has 7 nitrogen and oxygen atoms in total. The van der Waals surface area contributed by atoms with E-state index in [0.29, 0.717) is 5.02 Å². The lowest BCUT2D eigenvalue weighted by atomic mass is 9.91. The lowest BCUT2D eigenvalue weighted by molar-refractivity contribution is -0.142. The van der Waals surface area contributed by atoms with E-state index in [0.717, 1.165) is 18.4 Å². The number of nitrogens with one attached hydrogen (secondary N) is 3. The fourth-order valence-corrected chi connectivity index (χ4v) is 3.11. The highest BCUT2D eigenvalue weighted by molar-refractivity contribution is 6.30. The fourth-order valence-electron chi connectivity index (χ4n) is 2.99. The highest BCUT2D eigenvalue weighted by Gasteiger charge is 2.37. The van der Waals surface area contributed by atoms with E-state index in [4.69, 9.17) is 16.8 Å². The van der Waals surface area contributed by atoms with Crippen LogP contribution in [0.5, 0.6) is 0 Å². The average molecular weight is 428 g/mol. The SMILES string of the molecule is CC(C)C[C@@H](C(=O)N[C@@H](Cc1ccc(Cl)cc1)C(=O)NC1CC1)[C@@H](F)C(=O)NO. The van der Waals surface area contributed by atoms with Crippen molar-refractivity contribution in [2.45, 2.75) is 57.8 Å². The van der Waals surface area contributed by atoms with E-state index in [1.807, 2.05) is 0 Å². The van der Waals surface area contributed by atoms with Gasteiger partial charge in [0.1, 0.15) is 6.04 Å². The fraction of sp³-hybridized carbons (Fsp3) is 0.550. The van der Waals surface area contributed by atoms with Gasteiger partial charge in [0.15, 0.2) is 6.17 Å². The Bertz CT molecular complexity index is 725. The Hall–Kier alpha value is -2.19. The van der Waals surface area contributed by atoms with E-state index in [9.17, 15) is 18.8 Å². The maximum absolute atomic E-state index is 14.5. The van der Waals surface area contributed by atoms with Crippen LogP contribution in [0, 0.1) is 11.8 Å². The average Bonchev–Trinajstić information content (AvgIpc) is 3.49. The van der Waals surface area contributed by atoms with Gasteiger partial charge in [-0.25, -0.2) is 9.87 Å². The lowest BCUT2D eigenvalue weighted by Gasteiger charge is -2.25. The third-order valence-corrected chi connectivity index (χ3v) is 4.94. The highest BCUT2D eigenvalue weighted by atomic mass is 35.5. The van der Waals surface area contributed by atoms with Gasteiger partial charge in [0.05, 0.1) is 5.92 Å². The second kappa shape index (κ2) is 10.5. The number of rotatable bonds is 10. The Kier molecular flexibility index (Phi) is 8.40. The zero-order chi connectivity index (χ0) is 21.6. The van der Waals surface area contributed by atoms with E-state index in [-0.39, 0.29) is 30.7 Å². The summed E-state index contributed by atoms with van der Waals surface area (Å²) in [6, 6.07) is 6.01. The van der Waals surface area contributed by atoms with Gasteiger partial charge in [0.2, 0.25) is 11.8 Å². The maximum atomic E-state index is 14.5. The molecule has 0 unspecified atom stereocenters. The Morgan fingerprint density at radius 2 is 1.76 bits per heavy atom. The first-order valence-electron chi connectivity index (χ1n) is 9.64. The minimum atomic E-state index is -2.23. The molecule has 3 atom stereocenters. The summed E-state index contributed by atoms with van der Waals surface area (Å²) in [5.41, 5.74) is 2.02. The number of halogens is 2. The molecule has 2 rings (SSSR count). The smallest absolute Gasteiger partial charge is 0.278 e. The Morgan fingerprint density at radius 1 is 1.14 bits per heavy atom. The molecule has 0 bridgehead atoms. The van der Waals surface area contributed by atoms with Crippen molar-refractivity contribution >= 4 is 29.3 Å². The number of hydroxylamine groups is 1. The summed E-state index contributed by atoms with van der Waals surface area (Å²) < 4.78 is 14.5. The summed E-state index contributed by atoms with van der Waals surface area (Å²) in [5.74, 6) is -3.81. The van der Waals surface area contributed by atoms with Crippen LogP contribution in [0.15, 0.2) is 24.3 Å². The molecule has 29 heavy (non-hydrogen) atoms. The van der Waals surface area contributed by atoms with Crippen LogP contribution >= 0.6 is 11.6 Å². The van der Waals surface area contributed by atoms with Gasteiger partial charge in [0.25, 0.3) is 5.91 Å². The van der Waals surface area contributed by atoms with Crippen LogP contribution in [0.2, 0.25) is 5.02 Å². The number of carbonyl (C=O) groups is 3. The van der Waals surface area contributed by atoms with Gasteiger partial charge in [-0.2, -0.15) is 0 Å². The number of benzene rings is 1. The molecule has 0 radical (unpaired) electrons. The largest absolute Gasteiger partial charge is 0.352 e. The molecule has 3 amide bonds. The summed E-state index contributed by atoms with van der Waals surface area (Å²) in [6.45, 7) is 3.57. The minimum Gasteiger partial charge on any atom is -0.352 e. The first kappa shape index (κ1) is 23.1. The van der Waals surface area contributed by atoms with Crippen LogP contribution in [0.25, 0.3) is 0 Å². The highest BCUT2D eigenvalue weighted by Crippen LogP contribution is 2.21. The first-order chi connectivity index (χ1) is 13.7. The number of hydrogen-bond donors (Lipinski definition) is 4. The molecule has 160 valence electrons. The molecule has 4 N–H and O–H groups in total. The van der Waals surface area contributed by atoms with Crippen LogP contribution in [0.4, 0.5) is 4.39 Å². The van der Waals surface area contributed by atoms with Crippen molar-refractivity contribution in [1.82, 2.24) is 16.1 Å². The van der Waals surface area contributed by atoms with Gasteiger partial charge in [0, 0.05) is 17.5 Å². The number of alkyl halides is 1. The minimum absolute atomic E-state index is 0.0782. The number of hydrogen-bond acceptors (Lipinski definition) is 4. The zero-order valence-corrected chi connectivity index (χ0v) is 17.2. The molecule has 1 aromatic rings. The standard InChI is InChI=1S/C20H27ClFN3O4/c1-11(2)9-15(17(22)20(28)25-29)18(26)24-16(19(27)23-14-7-8-14)10-12-3-5-13(21)6-4-12/h3-6,11,14-17,29H,7-10H2,1-2H3,(H,23,27)(H,24,26)(H,25,28)/t15-,16+,17-/m1/s1. The van der Waals surface area contributed by atoms with E-state index in [1.54, 1.807) is 38.1 Å². The molecule has 1 aliphatic rings. The summed E-state index contributed by atoms with van der Waals surface area (Å²) in [6.07, 6.45) is -0.193. The molecule has 0 spiro atoms. The molecule has 0 aromatic heterocycles. The van der Waals surface area contributed by atoms with Gasteiger partial charge in [-0.1, -0.05) is 37.6 Å². The Balaban J connectivity index is 2.16. The lowest BCUT2D eigenvalue weighted by Crippen LogP contribution is -2.52. The van der Waals surface area contributed by atoms with E-state index >= 15 is 0 Å². The molecule has 9 heteroatoms. The third-order valence-electron chi connectivity index (χ3n) is 4.69. The van der Waals surface area contributed by atoms with E-state index < -0.39 is 29.9 Å². The maximum Gasteiger partial charge on any atom is 0.278 e. The topological polar surface area (TPSA) is 108 Å². The number of carbonyl (C=O) groups excluding carboxylic acids is 3. The van der Waals surface area contributed by atoms with Crippen molar-refractivity contribution in [3.8, 4) is 0 Å². The van der Waals surface area contributed by atoms with Gasteiger partial charge < -0.3 is 10.6 Å². The van der Waals surface area contributed by atoms with Crippen molar-refractivity contribution in [1.29, 1.82) is 0 Å². The third kappa shape index (κ3) is 7.29. The summed E-state index contributed by atoms with van der Waals surface area (Å²) in [5, 5.41) is 14.7. The van der Waals surface area contributed by atoms with E-state index in [1.165, 1.54) is 5.48 Å². The Morgan fingerprint density at radius 3 is 2.28 bits per heavy atom. The van der Waals surface area contributed by atoms with Gasteiger partial charge in [-0.05, 0) is 42.9 Å². The molecule has 1 saturated carbocycles. The first-order valence-corrected chi connectivity index (χ1v) is 10.0. The second-order valence-electron chi connectivity index (χ2n) is 7.79. The molecule has 0 aliphatic heterocycles. The van der Waals surface area contributed by atoms with Crippen LogP contribution < -0.4 is 16.1 Å². The van der Waals surface area contributed by atoms with Crippen LogP contribution in [-0.4, -0.2) is 41.2 Å². The van der Waals surface area contributed by atoms with Crippen LogP contribution in [0.1, 0.15) is 38.7 Å². The molecular weight excluding hydrogens is 401 g/mol. The van der Waals surface area contributed by atoms with Crippen molar-refractivity contribution in [3.63, 3.8) is 0 Å². The van der Waals surface area contributed by atoms with Gasteiger partial charge in [-0.15, -0.1) is 0 Å². The molecule has 1 fully saturated rings. The van der Waals surface area contributed by atoms with Crippen molar-refractivity contribution in [2.75, 3.05) is 0 Å². The molecule has 1 aliphatic carbocycles. The predicted octanol–water partition coefficient (Wildman–Crippen LogP) is 2.15. The molecular formula is C20H27ClFN3O4. The zero-order valence-electron chi connectivity index (χ0n) is 16.5. The van der Waals surface area contributed by atoms with E-state index in [2.05, 4.69) is 10.6 Å². The summed E-state index contributed by atoms with van der Waals surface area (Å²) in [7, 11) is 0. The van der Waals surface area contributed by atoms with Crippen LogP contribution in [0.3, 0.4) is 0 Å². The predicted molar refractivity (Wildman–Crippen MR) is 106 cm³/mol. The second-order valence-corrected chi connectivity index (χ2v) is 8.22. The molecule has 1 aromatic carbocycles. The van der Waals surface area contributed by atoms with Crippen molar-refractivity contribution in [3.05, 3.63) is 34.9 Å². The number of amides is 3. The monoisotopic (exact) mass is 427 g/mol. The normalized spacial score (nSPS) is 16.6. The molecule has 0 heterocycles. The summed E-state index contributed by atoms with van der Waals surface area (Å²) >= 11 is 5.89.